The molecule has 2 N–H and O–H groups in total. The number of hydrogen-bond acceptors (Lipinski definition) is 4. The quantitative estimate of drug-likeness (QED) is 0.643. The number of ether oxygens (including phenoxy) is 2. The Morgan fingerprint density at radius 1 is 1.19 bits per heavy atom. The van der Waals surface area contributed by atoms with Gasteiger partial charge < -0.3 is 15.2 Å². The molecule has 0 amide bonds. The summed E-state index contributed by atoms with van der Waals surface area (Å²) < 4.78 is 11.0. The van der Waals surface area contributed by atoms with Gasteiger partial charge in [0.25, 0.3) is 0 Å². The van der Waals surface area contributed by atoms with Gasteiger partial charge in [-0.05, 0) is 18.2 Å². The van der Waals surface area contributed by atoms with Crippen LogP contribution >= 0.6 is 11.8 Å². The third kappa shape index (κ3) is 2.93. The highest BCUT2D eigenvalue weighted by Crippen LogP contribution is 2.34. The molecule has 0 bridgehead atoms. The molecular weight excluding hydrogens is 222 g/mol. The molecule has 86 valence electrons. The minimum Gasteiger partial charge on any atom is -0.486 e. The van der Waals surface area contributed by atoms with Crippen LogP contribution in [0.25, 0.3) is 0 Å². The van der Waals surface area contributed by atoms with E-state index in [0.29, 0.717) is 19.8 Å². The molecule has 4 heteroatoms. The Morgan fingerprint density at radius 3 is 2.81 bits per heavy atom. The molecule has 0 aromatic heterocycles. The average molecular weight is 237 g/mol. The Hall–Kier alpha value is -1.13. The SMILES string of the molecule is NC/C=C/CSc1ccc2c(c1)OCCO2. The molecule has 0 unspecified atom stereocenters. The van der Waals surface area contributed by atoms with Gasteiger partial charge in [-0.2, -0.15) is 0 Å². The molecule has 0 aliphatic carbocycles. The molecule has 16 heavy (non-hydrogen) atoms. The van der Waals surface area contributed by atoms with Crippen molar-refractivity contribution in [2.24, 2.45) is 5.73 Å². The number of hydrogen-bond donors (Lipinski definition) is 1. The Kier molecular flexibility index (Phi) is 4.13. The van der Waals surface area contributed by atoms with Crippen LogP contribution in [0.2, 0.25) is 0 Å². The van der Waals surface area contributed by atoms with E-state index < -0.39 is 0 Å². The second-order valence-corrected chi connectivity index (χ2v) is 4.42. The van der Waals surface area contributed by atoms with Crippen LogP contribution in [0.3, 0.4) is 0 Å². The summed E-state index contributed by atoms with van der Waals surface area (Å²) in [7, 11) is 0. The van der Waals surface area contributed by atoms with Gasteiger partial charge in [0, 0.05) is 17.2 Å². The first-order chi connectivity index (χ1) is 7.90. The van der Waals surface area contributed by atoms with Gasteiger partial charge in [-0.3, -0.25) is 0 Å². The van der Waals surface area contributed by atoms with Gasteiger partial charge in [0.15, 0.2) is 11.5 Å². The van der Waals surface area contributed by atoms with E-state index in [-0.39, 0.29) is 0 Å². The number of benzene rings is 1. The molecule has 0 saturated heterocycles. The van der Waals surface area contributed by atoms with Gasteiger partial charge in [-0.15, -0.1) is 11.8 Å². The molecule has 1 aliphatic heterocycles. The Balaban J connectivity index is 1.97. The summed E-state index contributed by atoms with van der Waals surface area (Å²) in [4.78, 5) is 1.19. The smallest absolute Gasteiger partial charge is 0.162 e. The largest absolute Gasteiger partial charge is 0.486 e. The number of nitrogens with two attached hydrogens (primary N) is 1. The van der Waals surface area contributed by atoms with Gasteiger partial charge >= 0.3 is 0 Å². The van der Waals surface area contributed by atoms with Crippen LogP contribution < -0.4 is 15.2 Å². The zero-order valence-corrected chi connectivity index (χ0v) is 9.83. The molecule has 1 heterocycles. The highest BCUT2D eigenvalue weighted by Gasteiger charge is 2.11. The Morgan fingerprint density at radius 2 is 2.00 bits per heavy atom. The molecule has 1 aromatic carbocycles. The lowest BCUT2D eigenvalue weighted by molar-refractivity contribution is 0.171. The summed E-state index contributed by atoms with van der Waals surface area (Å²) in [5.74, 6) is 2.61. The highest BCUT2D eigenvalue weighted by atomic mass is 32.2. The van der Waals surface area contributed by atoms with Crippen molar-refractivity contribution in [3.05, 3.63) is 30.4 Å². The summed E-state index contributed by atoms with van der Waals surface area (Å²) in [6.45, 7) is 1.87. The Bertz CT molecular complexity index is 379. The van der Waals surface area contributed by atoms with E-state index in [2.05, 4.69) is 12.1 Å². The molecular formula is C12H15NO2S. The number of thioether (sulfide) groups is 1. The van der Waals surface area contributed by atoms with E-state index in [4.69, 9.17) is 15.2 Å². The molecule has 3 nitrogen and oxygen atoms in total. The van der Waals surface area contributed by atoms with Gasteiger partial charge in [0.1, 0.15) is 13.2 Å². The molecule has 0 radical (unpaired) electrons. The molecule has 0 saturated carbocycles. The fourth-order valence-corrected chi connectivity index (χ4v) is 2.20. The molecule has 0 spiro atoms. The summed E-state index contributed by atoms with van der Waals surface area (Å²) >= 11 is 1.76. The van der Waals surface area contributed by atoms with Crippen LogP contribution in [-0.4, -0.2) is 25.5 Å². The van der Waals surface area contributed by atoms with Crippen molar-refractivity contribution in [1.29, 1.82) is 0 Å². The second-order valence-electron chi connectivity index (χ2n) is 3.32. The van der Waals surface area contributed by atoms with E-state index >= 15 is 0 Å². The van der Waals surface area contributed by atoms with E-state index in [9.17, 15) is 0 Å². The van der Waals surface area contributed by atoms with Crippen molar-refractivity contribution in [2.75, 3.05) is 25.5 Å². The lowest BCUT2D eigenvalue weighted by atomic mass is 10.3. The fourth-order valence-electron chi connectivity index (χ4n) is 1.42. The van der Waals surface area contributed by atoms with Gasteiger partial charge in [-0.25, -0.2) is 0 Å². The molecule has 0 atom stereocenters. The third-order valence-electron chi connectivity index (χ3n) is 2.16. The molecule has 1 aromatic rings. The molecule has 1 aliphatic rings. The summed E-state index contributed by atoms with van der Waals surface area (Å²) in [6, 6.07) is 6.04. The monoisotopic (exact) mass is 237 g/mol. The van der Waals surface area contributed by atoms with E-state index in [1.807, 2.05) is 18.2 Å². The number of fused-ring (bicyclic) bond motifs is 1. The predicted octanol–water partition coefficient (Wildman–Crippen LogP) is 2.06. The summed E-state index contributed by atoms with van der Waals surface area (Å²) in [5, 5.41) is 0. The van der Waals surface area contributed by atoms with Crippen molar-refractivity contribution in [3.8, 4) is 11.5 Å². The molecule has 0 fully saturated rings. The van der Waals surface area contributed by atoms with Crippen molar-refractivity contribution in [1.82, 2.24) is 0 Å². The second kappa shape index (κ2) is 5.82. The topological polar surface area (TPSA) is 44.5 Å². The lowest BCUT2D eigenvalue weighted by Crippen LogP contribution is -2.15. The maximum absolute atomic E-state index is 5.52. The normalized spacial score (nSPS) is 14.3. The molecule has 2 rings (SSSR count). The van der Waals surface area contributed by atoms with Crippen molar-refractivity contribution >= 4 is 11.8 Å². The third-order valence-corrected chi connectivity index (χ3v) is 3.11. The van der Waals surface area contributed by atoms with Crippen molar-refractivity contribution in [3.63, 3.8) is 0 Å². The van der Waals surface area contributed by atoms with Gasteiger partial charge in [0.2, 0.25) is 0 Å². The van der Waals surface area contributed by atoms with Crippen LogP contribution in [0.15, 0.2) is 35.2 Å². The van der Waals surface area contributed by atoms with Crippen LogP contribution in [0.4, 0.5) is 0 Å². The Labute approximate surface area is 99.6 Å². The zero-order chi connectivity index (χ0) is 11.2. The van der Waals surface area contributed by atoms with Crippen molar-refractivity contribution in [2.45, 2.75) is 4.90 Å². The summed E-state index contributed by atoms with van der Waals surface area (Å²) in [5.41, 5.74) is 5.37. The zero-order valence-electron chi connectivity index (χ0n) is 9.02. The van der Waals surface area contributed by atoms with Crippen LogP contribution in [0, 0.1) is 0 Å². The van der Waals surface area contributed by atoms with Crippen LogP contribution in [0.5, 0.6) is 11.5 Å². The highest BCUT2D eigenvalue weighted by molar-refractivity contribution is 7.99. The maximum atomic E-state index is 5.52. The first-order valence-corrected chi connectivity index (χ1v) is 6.26. The van der Waals surface area contributed by atoms with Crippen LogP contribution in [-0.2, 0) is 0 Å². The van der Waals surface area contributed by atoms with E-state index in [0.717, 1.165) is 17.3 Å². The predicted molar refractivity (Wildman–Crippen MR) is 66.4 cm³/mol. The minimum absolute atomic E-state index is 0.599. The lowest BCUT2D eigenvalue weighted by Gasteiger charge is -2.18. The van der Waals surface area contributed by atoms with Gasteiger partial charge in [0.05, 0.1) is 0 Å². The summed E-state index contributed by atoms with van der Waals surface area (Å²) in [6.07, 6.45) is 4.03. The van der Waals surface area contributed by atoms with Gasteiger partial charge in [-0.1, -0.05) is 12.2 Å². The van der Waals surface area contributed by atoms with Crippen molar-refractivity contribution < 1.29 is 9.47 Å². The first-order valence-electron chi connectivity index (χ1n) is 5.27. The number of rotatable bonds is 4. The maximum Gasteiger partial charge on any atom is 0.162 e. The average Bonchev–Trinajstić information content (AvgIpc) is 2.34. The van der Waals surface area contributed by atoms with E-state index in [1.165, 1.54) is 4.90 Å². The first kappa shape index (κ1) is 11.4. The van der Waals surface area contributed by atoms with Crippen LogP contribution in [0.1, 0.15) is 0 Å². The fraction of sp³-hybridized carbons (Fsp3) is 0.333. The van der Waals surface area contributed by atoms with E-state index in [1.54, 1.807) is 11.8 Å². The minimum atomic E-state index is 0.599. The standard InChI is InChI=1S/C12H15NO2S/c13-5-1-2-8-16-10-3-4-11-12(9-10)15-7-6-14-11/h1-4,9H,5-8,13H2/b2-1+.